The summed E-state index contributed by atoms with van der Waals surface area (Å²) in [6, 6.07) is 4.10. The summed E-state index contributed by atoms with van der Waals surface area (Å²) in [7, 11) is 1.73. The highest BCUT2D eigenvalue weighted by atomic mass is 16.4. The Morgan fingerprint density at radius 2 is 2.19 bits per heavy atom. The average Bonchev–Trinajstić information content (AvgIpc) is 2.84. The number of carbonyl (C=O) groups excluding carboxylic acids is 1. The molecule has 0 aliphatic heterocycles. The number of aliphatic carboxylic acids is 1. The van der Waals surface area contributed by atoms with Crippen LogP contribution in [-0.4, -0.2) is 38.0 Å². The van der Waals surface area contributed by atoms with E-state index in [1.165, 1.54) is 0 Å². The van der Waals surface area contributed by atoms with Crippen LogP contribution in [0.1, 0.15) is 36.5 Å². The Labute approximate surface area is 121 Å². The van der Waals surface area contributed by atoms with Crippen molar-refractivity contribution in [3.05, 3.63) is 23.8 Å². The monoisotopic (exact) mass is 290 g/mol. The molecule has 0 spiro atoms. The largest absolute Gasteiger partial charge is 0.480 e. The molecule has 1 atom stereocenters. The van der Waals surface area contributed by atoms with E-state index in [1.807, 2.05) is 6.92 Å². The van der Waals surface area contributed by atoms with Crippen molar-refractivity contribution >= 4 is 22.9 Å². The number of fused-ring (bicyclic) bond motifs is 1. The van der Waals surface area contributed by atoms with Gasteiger partial charge in [0.2, 0.25) is 0 Å². The van der Waals surface area contributed by atoms with Gasteiger partial charge in [-0.25, -0.2) is 9.48 Å². The molecule has 0 saturated heterocycles. The normalized spacial score (nSPS) is 12.3. The van der Waals surface area contributed by atoms with Gasteiger partial charge in [0, 0.05) is 12.6 Å². The topological polar surface area (TPSA) is 97.1 Å². The van der Waals surface area contributed by atoms with Crippen molar-refractivity contribution in [2.45, 2.75) is 32.2 Å². The summed E-state index contributed by atoms with van der Waals surface area (Å²) in [5.74, 6) is -1.42. The molecular formula is C14H18N4O3. The van der Waals surface area contributed by atoms with E-state index in [0.717, 1.165) is 18.4 Å². The fourth-order valence-electron chi connectivity index (χ4n) is 2.08. The van der Waals surface area contributed by atoms with Crippen LogP contribution in [0.4, 0.5) is 0 Å². The van der Waals surface area contributed by atoms with Gasteiger partial charge in [-0.1, -0.05) is 25.0 Å². The Kier molecular flexibility index (Phi) is 4.52. The minimum Gasteiger partial charge on any atom is -0.480 e. The highest BCUT2D eigenvalue weighted by Gasteiger charge is 2.20. The molecule has 112 valence electrons. The van der Waals surface area contributed by atoms with Crippen LogP contribution in [0.25, 0.3) is 11.0 Å². The first-order chi connectivity index (χ1) is 10.0. The molecule has 1 heterocycles. The summed E-state index contributed by atoms with van der Waals surface area (Å²) in [6.07, 6.45) is 2.06. The van der Waals surface area contributed by atoms with Gasteiger partial charge in [-0.3, -0.25) is 4.79 Å². The first-order valence-electron chi connectivity index (χ1n) is 6.86. The van der Waals surface area contributed by atoms with Crippen molar-refractivity contribution in [2.24, 2.45) is 7.05 Å². The molecule has 21 heavy (non-hydrogen) atoms. The molecule has 0 radical (unpaired) electrons. The van der Waals surface area contributed by atoms with E-state index in [-0.39, 0.29) is 0 Å². The number of amides is 1. The third-order valence-corrected chi connectivity index (χ3v) is 3.32. The van der Waals surface area contributed by atoms with Gasteiger partial charge in [0.1, 0.15) is 11.6 Å². The minimum atomic E-state index is -1.01. The van der Waals surface area contributed by atoms with E-state index in [2.05, 4.69) is 15.6 Å². The highest BCUT2D eigenvalue weighted by Crippen LogP contribution is 2.13. The molecule has 7 nitrogen and oxygen atoms in total. The van der Waals surface area contributed by atoms with E-state index >= 15 is 0 Å². The number of unbranched alkanes of at least 4 members (excludes halogenated alkanes) is 1. The lowest BCUT2D eigenvalue weighted by molar-refractivity contribution is -0.139. The van der Waals surface area contributed by atoms with Gasteiger partial charge in [-0.05, 0) is 24.6 Å². The first-order valence-corrected chi connectivity index (χ1v) is 6.86. The molecule has 7 heteroatoms. The van der Waals surface area contributed by atoms with Gasteiger partial charge in [-0.15, -0.1) is 5.10 Å². The Morgan fingerprint density at radius 1 is 1.43 bits per heavy atom. The van der Waals surface area contributed by atoms with Crippen LogP contribution in [0.3, 0.4) is 0 Å². The quantitative estimate of drug-likeness (QED) is 0.836. The van der Waals surface area contributed by atoms with E-state index in [0.29, 0.717) is 17.5 Å². The number of nitrogens with one attached hydrogen (secondary N) is 1. The summed E-state index contributed by atoms with van der Waals surface area (Å²) < 4.78 is 1.57. The third kappa shape index (κ3) is 3.36. The van der Waals surface area contributed by atoms with Crippen molar-refractivity contribution < 1.29 is 14.7 Å². The summed E-state index contributed by atoms with van der Waals surface area (Å²) in [6.45, 7) is 1.98. The van der Waals surface area contributed by atoms with Crippen molar-refractivity contribution in [3.8, 4) is 0 Å². The zero-order valence-electron chi connectivity index (χ0n) is 12.0. The predicted molar refractivity (Wildman–Crippen MR) is 76.9 cm³/mol. The molecule has 1 amide bonds. The van der Waals surface area contributed by atoms with Crippen LogP contribution in [-0.2, 0) is 11.8 Å². The maximum Gasteiger partial charge on any atom is 0.326 e. The van der Waals surface area contributed by atoms with Crippen molar-refractivity contribution in [1.29, 1.82) is 0 Å². The number of rotatable bonds is 6. The zero-order valence-corrected chi connectivity index (χ0v) is 12.0. The van der Waals surface area contributed by atoms with Crippen LogP contribution in [0.15, 0.2) is 18.2 Å². The lowest BCUT2D eigenvalue weighted by Gasteiger charge is -2.14. The van der Waals surface area contributed by atoms with Crippen LogP contribution in [0, 0.1) is 0 Å². The van der Waals surface area contributed by atoms with Crippen LogP contribution >= 0.6 is 0 Å². The molecule has 1 unspecified atom stereocenters. The number of benzene rings is 1. The molecule has 0 aliphatic rings. The standard InChI is InChI=1S/C14H18N4O3/c1-3-4-5-11(14(20)21)15-13(19)9-6-7-10-12(8-9)18(2)17-16-10/h6-8,11H,3-5H2,1-2H3,(H,15,19)(H,20,21). The number of hydrogen-bond acceptors (Lipinski definition) is 4. The molecule has 1 aromatic carbocycles. The molecule has 2 aromatic rings. The van der Waals surface area contributed by atoms with Gasteiger partial charge in [0.25, 0.3) is 5.91 Å². The first kappa shape index (κ1) is 15.0. The predicted octanol–water partition coefficient (Wildman–Crippen LogP) is 1.34. The SMILES string of the molecule is CCCCC(NC(=O)c1ccc2nnn(C)c2c1)C(=O)O. The number of aryl methyl sites for hydroxylation is 1. The second-order valence-electron chi connectivity index (χ2n) is 4.92. The zero-order chi connectivity index (χ0) is 15.4. The second-order valence-corrected chi connectivity index (χ2v) is 4.92. The van der Waals surface area contributed by atoms with Crippen LogP contribution in [0.2, 0.25) is 0 Å². The number of carboxylic acid groups (broad SMARTS) is 1. The van der Waals surface area contributed by atoms with Gasteiger partial charge < -0.3 is 10.4 Å². The Balaban J connectivity index is 2.16. The third-order valence-electron chi connectivity index (χ3n) is 3.32. The number of hydrogen-bond donors (Lipinski definition) is 2. The smallest absolute Gasteiger partial charge is 0.326 e. The lowest BCUT2D eigenvalue weighted by atomic mass is 10.1. The molecule has 0 fully saturated rings. The summed E-state index contributed by atoms with van der Waals surface area (Å²) >= 11 is 0. The number of nitrogens with zero attached hydrogens (tertiary/aromatic N) is 3. The lowest BCUT2D eigenvalue weighted by Crippen LogP contribution is -2.40. The van der Waals surface area contributed by atoms with Gasteiger partial charge >= 0.3 is 5.97 Å². The second kappa shape index (κ2) is 6.34. The molecule has 0 saturated carbocycles. The molecule has 2 rings (SSSR count). The van der Waals surface area contributed by atoms with Gasteiger partial charge in [-0.2, -0.15) is 0 Å². The Morgan fingerprint density at radius 3 is 2.86 bits per heavy atom. The van der Waals surface area contributed by atoms with E-state index in [1.54, 1.807) is 29.9 Å². The highest BCUT2D eigenvalue weighted by molar-refractivity contribution is 5.99. The fourth-order valence-corrected chi connectivity index (χ4v) is 2.08. The van der Waals surface area contributed by atoms with E-state index < -0.39 is 17.9 Å². The maximum atomic E-state index is 12.2. The number of carbonyl (C=O) groups is 2. The molecule has 1 aromatic heterocycles. The minimum absolute atomic E-state index is 0.399. The van der Waals surface area contributed by atoms with Gasteiger partial charge in [0.15, 0.2) is 0 Å². The fraction of sp³-hybridized carbons (Fsp3) is 0.429. The van der Waals surface area contributed by atoms with E-state index in [4.69, 9.17) is 5.11 Å². The summed E-state index contributed by atoms with van der Waals surface area (Å²) in [5.41, 5.74) is 1.81. The van der Waals surface area contributed by atoms with Crippen molar-refractivity contribution in [3.63, 3.8) is 0 Å². The maximum absolute atomic E-state index is 12.2. The van der Waals surface area contributed by atoms with E-state index in [9.17, 15) is 9.59 Å². The summed E-state index contributed by atoms with van der Waals surface area (Å²) in [5, 5.41) is 19.5. The Bertz CT molecular complexity index is 665. The van der Waals surface area contributed by atoms with Crippen LogP contribution in [0.5, 0.6) is 0 Å². The van der Waals surface area contributed by atoms with Gasteiger partial charge in [0.05, 0.1) is 5.52 Å². The summed E-state index contributed by atoms with van der Waals surface area (Å²) in [4.78, 5) is 23.3. The molecule has 0 bridgehead atoms. The molecule has 2 N–H and O–H groups in total. The number of carboxylic acids is 1. The Hall–Kier alpha value is -2.44. The van der Waals surface area contributed by atoms with Crippen molar-refractivity contribution in [1.82, 2.24) is 20.3 Å². The number of aromatic nitrogens is 3. The molecule has 0 aliphatic carbocycles. The molecular weight excluding hydrogens is 272 g/mol. The van der Waals surface area contributed by atoms with Crippen LogP contribution < -0.4 is 5.32 Å². The van der Waals surface area contributed by atoms with Crippen molar-refractivity contribution in [2.75, 3.05) is 0 Å². The average molecular weight is 290 g/mol.